The van der Waals surface area contributed by atoms with Gasteiger partial charge in [-0.3, -0.25) is 0 Å². The molecule has 6 heteroatoms. The normalized spacial score (nSPS) is 18.8. The molecule has 1 aliphatic rings. The van der Waals surface area contributed by atoms with Gasteiger partial charge in [0.15, 0.2) is 6.10 Å². The van der Waals surface area contributed by atoms with E-state index in [4.69, 9.17) is 14.0 Å². The van der Waals surface area contributed by atoms with Crippen LogP contribution in [0.15, 0.2) is 28.8 Å². The molecule has 2 heterocycles. The lowest BCUT2D eigenvalue weighted by Gasteiger charge is -2.24. The second kappa shape index (κ2) is 5.73. The van der Waals surface area contributed by atoms with E-state index in [1.807, 2.05) is 24.3 Å². The fraction of sp³-hybridized carbons (Fsp3) is 0.467. The van der Waals surface area contributed by atoms with Crippen molar-refractivity contribution in [2.45, 2.75) is 26.1 Å². The third-order valence-corrected chi connectivity index (χ3v) is 3.48. The molecular formula is C15H19N3O3. The first-order chi connectivity index (χ1) is 10.2. The lowest BCUT2D eigenvalue weighted by atomic mass is 10.1. The average molecular weight is 289 g/mol. The average Bonchev–Trinajstić information content (AvgIpc) is 2.96. The molecule has 0 fully saturated rings. The zero-order valence-corrected chi connectivity index (χ0v) is 12.4. The van der Waals surface area contributed by atoms with Crippen LogP contribution < -0.4 is 10.1 Å². The number of benzene rings is 1. The summed E-state index contributed by atoms with van der Waals surface area (Å²) in [5.74, 6) is 2.09. The minimum Gasteiger partial charge on any atom is -0.477 e. The highest BCUT2D eigenvalue weighted by atomic mass is 16.5. The Bertz CT molecular complexity index is 612. The van der Waals surface area contributed by atoms with E-state index in [1.54, 1.807) is 7.11 Å². The minimum atomic E-state index is -0.286. The van der Waals surface area contributed by atoms with E-state index < -0.39 is 0 Å². The quantitative estimate of drug-likeness (QED) is 0.933. The number of ether oxygens (including phenoxy) is 2. The zero-order valence-electron chi connectivity index (χ0n) is 12.4. The van der Waals surface area contributed by atoms with Crippen molar-refractivity contribution in [2.75, 3.05) is 19.0 Å². The van der Waals surface area contributed by atoms with E-state index in [9.17, 15) is 0 Å². The summed E-state index contributed by atoms with van der Waals surface area (Å²) in [4.78, 5) is 4.43. The van der Waals surface area contributed by atoms with Gasteiger partial charge in [0.1, 0.15) is 11.9 Å². The van der Waals surface area contributed by atoms with Crippen molar-refractivity contribution in [3.05, 3.63) is 36.0 Å². The number of anilines is 1. The van der Waals surface area contributed by atoms with Crippen LogP contribution in [0.25, 0.3) is 0 Å². The number of para-hydroxylation sites is 2. The van der Waals surface area contributed by atoms with Crippen LogP contribution in [0, 0.1) is 5.92 Å². The van der Waals surface area contributed by atoms with Crippen molar-refractivity contribution >= 4 is 5.69 Å². The Morgan fingerprint density at radius 3 is 2.90 bits per heavy atom. The van der Waals surface area contributed by atoms with Crippen LogP contribution in [0.3, 0.4) is 0 Å². The summed E-state index contributed by atoms with van der Waals surface area (Å²) in [7, 11) is 1.65. The first-order valence-corrected chi connectivity index (χ1v) is 7.05. The molecule has 0 bridgehead atoms. The van der Waals surface area contributed by atoms with E-state index in [0.717, 1.165) is 11.4 Å². The Morgan fingerprint density at radius 1 is 1.33 bits per heavy atom. The first-order valence-electron chi connectivity index (χ1n) is 7.05. The fourth-order valence-electron chi connectivity index (χ4n) is 2.42. The molecule has 1 aliphatic heterocycles. The molecule has 2 unspecified atom stereocenters. The largest absolute Gasteiger partial charge is 0.477 e. The number of nitrogens with zero attached hydrogens (tertiary/aromatic N) is 2. The second-order valence-corrected chi connectivity index (χ2v) is 5.37. The van der Waals surface area contributed by atoms with Crippen LogP contribution in [0.2, 0.25) is 0 Å². The third kappa shape index (κ3) is 2.71. The Labute approximate surface area is 123 Å². The number of hydrogen-bond donors (Lipinski definition) is 1. The lowest BCUT2D eigenvalue weighted by molar-refractivity contribution is 0.0555. The summed E-state index contributed by atoms with van der Waals surface area (Å²) in [5, 5.41) is 7.32. The van der Waals surface area contributed by atoms with Gasteiger partial charge in [-0.1, -0.05) is 31.1 Å². The fourth-order valence-corrected chi connectivity index (χ4v) is 2.42. The molecule has 0 spiro atoms. The molecule has 0 saturated heterocycles. The maximum atomic E-state index is 5.91. The van der Waals surface area contributed by atoms with E-state index in [-0.39, 0.29) is 18.1 Å². The number of fused-ring (bicyclic) bond motifs is 1. The number of methoxy groups -OCH3 is 1. The van der Waals surface area contributed by atoms with E-state index in [2.05, 4.69) is 29.3 Å². The van der Waals surface area contributed by atoms with Crippen molar-refractivity contribution in [3.63, 3.8) is 0 Å². The molecular weight excluding hydrogens is 270 g/mol. The second-order valence-electron chi connectivity index (χ2n) is 5.37. The van der Waals surface area contributed by atoms with Crippen LogP contribution in [0.4, 0.5) is 5.69 Å². The highest BCUT2D eigenvalue weighted by molar-refractivity contribution is 5.57. The predicted molar refractivity (Wildman–Crippen MR) is 77.2 cm³/mol. The van der Waals surface area contributed by atoms with Crippen LogP contribution in [0.5, 0.6) is 5.75 Å². The van der Waals surface area contributed by atoms with Crippen molar-refractivity contribution in [1.29, 1.82) is 0 Å². The van der Waals surface area contributed by atoms with E-state index in [1.165, 1.54) is 0 Å². The lowest BCUT2D eigenvalue weighted by Crippen LogP contribution is -2.24. The monoisotopic (exact) mass is 289 g/mol. The molecule has 1 N–H and O–H groups in total. The Morgan fingerprint density at radius 2 is 2.14 bits per heavy atom. The predicted octanol–water partition coefficient (Wildman–Crippen LogP) is 2.96. The van der Waals surface area contributed by atoms with Gasteiger partial charge < -0.3 is 19.3 Å². The highest BCUT2D eigenvalue weighted by Crippen LogP contribution is 2.33. The van der Waals surface area contributed by atoms with Crippen LogP contribution in [0.1, 0.15) is 37.8 Å². The van der Waals surface area contributed by atoms with Crippen LogP contribution in [-0.2, 0) is 4.74 Å². The Balaban J connectivity index is 1.79. The minimum absolute atomic E-state index is 0.175. The zero-order chi connectivity index (χ0) is 14.8. The van der Waals surface area contributed by atoms with Crippen molar-refractivity contribution in [2.24, 2.45) is 5.92 Å². The van der Waals surface area contributed by atoms with Gasteiger partial charge in [0.25, 0.3) is 5.89 Å². The summed E-state index contributed by atoms with van der Waals surface area (Å²) < 4.78 is 16.7. The molecule has 6 nitrogen and oxygen atoms in total. The summed E-state index contributed by atoms with van der Waals surface area (Å²) in [6, 6.07) is 7.79. The highest BCUT2D eigenvalue weighted by Gasteiger charge is 2.28. The van der Waals surface area contributed by atoms with Gasteiger partial charge in [-0.2, -0.15) is 4.98 Å². The number of aromatic nitrogens is 2. The van der Waals surface area contributed by atoms with Gasteiger partial charge in [-0.25, -0.2) is 0 Å². The molecule has 1 aromatic heterocycles. The Hall–Kier alpha value is -2.08. The molecule has 0 radical (unpaired) electrons. The van der Waals surface area contributed by atoms with Crippen molar-refractivity contribution in [1.82, 2.24) is 10.1 Å². The topological polar surface area (TPSA) is 69.4 Å². The molecule has 0 aliphatic carbocycles. The van der Waals surface area contributed by atoms with Crippen molar-refractivity contribution < 1.29 is 14.0 Å². The summed E-state index contributed by atoms with van der Waals surface area (Å²) >= 11 is 0. The third-order valence-electron chi connectivity index (χ3n) is 3.48. The number of hydrogen-bond acceptors (Lipinski definition) is 6. The number of nitrogens with one attached hydrogen (secondary N) is 1. The van der Waals surface area contributed by atoms with Crippen LogP contribution in [-0.4, -0.2) is 23.8 Å². The van der Waals surface area contributed by atoms with Crippen LogP contribution >= 0.6 is 0 Å². The van der Waals surface area contributed by atoms with E-state index in [0.29, 0.717) is 18.3 Å². The molecule has 2 atom stereocenters. The van der Waals surface area contributed by atoms with Gasteiger partial charge in [-0.05, 0) is 18.1 Å². The van der Waals surface area contributed by atoms with Gasteiger partial charge in [0, 0.05) is 7.11 Å². The Kier molecular flexibility index (Phi) is 3.79. The molecule has 112 valence electrons. The van der Waals surface area contributed by atoms with Gasteiger partial charge in [-0.15, -0.1) is 0 Å². The maximum absolute atomic E-state index is 5.91. The van der Waals surface area contributed by atoms with Gasteiger partial charge in [0.2, 0.25) is 5.82 Å². The number of rotatable bonds is 4. The van der Waals surface area contributed by atoms with Crippen molar-refractivity contribution in [3.8, 4) is 5.75 Å². The molecule has 3 rings (SSSR count). The maximum Gasteiger partial charge on any atom is 0.269 e. The summed E-state index contributed by atoms with van der Waals surface area (Å²) in [6.45, 7) is 4.70. The SMILES string of the molecule is COC(c1noc(C2CNc3ccccc3O2)n1)C(C)C. The van der Waals surface area contributed by atoms with Gasteiger partial charge >= 0.3 is 0 Å². The van der Waals surface area contributed by atoms with Gasteiger partial charge in [0.05, 0.1) is 12.2 Å². The standard InChI is InChI=1S/C15H19N3O3/c1-9(2)13(19-3)14-17-15(21-18-14)12-8-16-10-6-4-5-7-11(10)20-12/h4-7,9,12-13,16H,8H2,1-3H3. The molecule has 1 aromatic carbocycles. The van der Waals surface area contributed by atoms with E-state index >= 15 is 0 Å². The first kappa shape index (κ1) is 13.9. The molecule has 0 saturated carbocycles. The smallest absolute Gasteiger partial charge is 0.269 e. The summed E-state index contributed by atoms with van der Waals surface area (Å²) in [5.41, 5.74) is 0.977. The molecule has 21 heavy (non-hydrogen) atoms. The molecule has 0 amide bonds. The molecule has 2 aromatic rings. The summed E-state index contributed by atoms with van der Waals surface area (Å²) in [6.07, 6.45) is -0.461.